The molecule has 1 unspecified atom stereocenters. The first kappa shape index (κ1) is 23.4. The van der Waals surface area contributed by atoms with E-state index in [1.54, 1.807) is 0 Å². The SMILES string of the molecule is NC(=O)OC(CSC(c1ccccc1)(c1ccccc1)c1ccccc1)C(=O)NCCO. The standard InChI is InChI=1S/C25H26N2O4S/c26-24(30)31-22(23(29)27-16-17-28)18-32-25(19-10-4-1-5-11-19,20-12-6-2-7-13-20)21-14-8-3-9-15-21/h1-15,22,28H,16-18H2,(H2,26,30)(H,27,29). The minimum atomic E-state index is -1.11. The summed E-state index contributed by atoms with van der Waals surface area (Å²) in [6.07, 6.45) is -2.14. The molecule has 0 saturated carbocycles. The topological polar surface area (TPSA) is 102 Å². The molecule has 0 spiro atoms. The van der Waals surface area contributed by atoms with Crippen LogP contribution < -0.4 is 11.1 Å². The molecule has 0 aliphatic heterocycles. The Bertz CT molecular complexity index is 904. The molecule has 0 aromatic heterocycles. The van der Waals surface area contributed by atoms with E-state index in [9.17, 15) is 9.59 Å². The molecule has 32 heavy (non-hydrogen) atoms. The molecule has 0 bridgehead atoms. The van der Waals surface area contributed by atoms with E-state index in [1.165, 1.54) is 11.8 Å². The van der Waals surface area contributed by atoms with Crippen LogP contribution in [0, 0.1) is 0 Å². The van der Waals surface area contributed by atoms with Crippen molar-refractivity contribution in [1.82, 2.24) is 5.32 Å². The average Bonchev–Trinajstić information content (AvgIpc) is 2.84. The summed E-state index contributed by atoms with van der Waals surface area (Å²) in [4.78, 5) is 24.1. The quantitative estimate of drug-likeness (QED) is 0.412. The first-order chi connectivity index (χ1) is 15.6. The Hall–Kier alpha value is -3.29. The smallest absolute Gasteiger partial charge is 0.405 e. The molecule has 3 aromatic rings. The van der Waals surface area contributed by atoms with Crippen molar-refractivity contribution in [2.45, 2.75) is 10.9 Å². The number of primary amides is 1. The third-order valence-corrected chi connectivity index (χ3v) is 6.56. The first-order valence-corrected chi connectivity index (χ1v) is 11.2. The van der Waals surface area contributed by atoms with Gasteiger partial charge in [0.15, 0.2) is 6.10 Å². The van der Waals surface area contributed by atoms with E-state index in [0.717, 1.165) is 16.7 Å². The van der Waals surface area contributed by atoms with Gasteiger partial charge in [0.2, 0.25) is 0 Å². The second kappa shape index (κ2) is 11.4. The first-order valence-electron chi connectivity index (χ1n) is 10.2. The lowest BCUT2D eigenvalue weighted by Gasteiger charge is -2.36. The number of aliphatic hydroxyl groups excluding tert-OH is 1. The normalized spacial score (nSPS) is 12.0. The zero-order valence-electron chi connectivity index (χ0n) is 17.5. The number of hydrogen-bond acceptors (Lipinski definition) is 5. The van der Waals surface area contributed by atoms with Crippen molar-refractivity contribution < 1.29 is 19.4 Å². The number of rotatable bonds is 10. The van der Waals surface area contributed by atoms with Gasteiger partial charge in [-0.1, -0.05) is 91.0 Å². The van der Waals surface area contributed by atoms with Crippen molar-refractivity contribution in [3.8, 4) is 0 Å². The van der Waals surface area contributed by atoms with Gasteiger partial charge in [0, 0.05) is 12.3 Å². The molecular formula is C25H26N2O4S. The lowest BCUT2D eigenvalue weighted by Crippen LogP contribution is -2.42. The van der Waals surface area contributed by atoms with Gasteiger partial charge in [-0.05, 0) is 16.7 Å². The summed E-state index contributed by atoms with van der Waals surface area (Å²) in [7, 11) is 0. The van der Waals surface area contributed by atoms with Gasteiger partial charge in [-0.2, -0.15) is 0 Å². The maximum absolute atomic E-state index is 12.6. The Morgan fingerprint density at radius 2 is 1.31 bits per heavy atom. The fourth-order valence-corrected chi connectivity index (χ4v) is 5.09. The number of amides is 2. The van der Waals surface area contributed by atoms with Gasteiger partial charge < -0.3 is 20.9 Å². The second-order valence-corrected chi connectivity index (χ2v) is 8.26. The molecule has 0 fully saturated rings. The minimum absolute atomic E-state index is 0.0588. The third-order valence-electron chi connectivity index (χ3n) is 4.95. The molecule has 0 saturated heterocycles. The van der Waals surface area contributed by atoms with Gasteiger partial charge in [0.25, 0.3) is 5.91 Å². The minimum Gasteiger partial charge on any atom is -0.435 e. The van der Waals surface area contributed by atoms with Crippen LogP contribution in [0.1, 0.15) is 16.7 Å². The third kappa shape index (κ3) is 5.49. The monoisotopic (exact) mass is 450 g/mol. The van der Waals surface area contributed by atoms with Crippen LogP contribution in [0.25, 0.3) is 0 Å². The molecule has 0 aliphatic rings. The Morgan fingerprint density at radius 3 is 1.69 bits per heavy atom. The highest BCUT2D eigenvalue weighted by molar-refractivity contribution is 8.00. The van der Waals surface area contributed by atoms with Crippen LogP contribution in [0.3, 0.4) is 0 Å². The highest BCUT2D eigenvalue weighted by atomic mass is 32.2. The maximum atomic E-state index is 12.6. The van der Waals surface area contributed by atoms with Crippen LogP contribution in [-0.2, 0) is 14.3 Å². The molecule has 0 heterocycles. The summed E-state index contributed by atoms with van der Waals surface area (Å²) in [6, 6.07) is 30.0. The van der Waals surface area contributed by atoms with E-state index in [2.05, 4.69) is 5.32 Å². The van der Waals surface area contributed by atoms with Crippen LogP contribution in [0.15, 0.2) is 91.0 Å². The summed E-state index contributed by atoms with van der Waals surface area (Å²) in [5, 5.41) is 11.6. The van der Waals surface area contributed by atoms with Crippen LogP contribution in [0.5, 0.6) is 0 Å². The van der Waals surface area contributed by atoms with E-state index in [4.69, 9.17) is 15.6 Å². The van der Waals surface area contributed by atoms with Crippen LogP contribution in [-0.4, -0.2) is 42.1 Å². The van der Waals surface area contributed by atoms with Gasteiger partial charge in [0.05, 0.1) is 11.4 Å². The summed E-state index contributed by atoms with van der Waals surface area (Å²) in [5.74, 6) is -0.354. The van der Waals surface area contributed by atoms with E-state index in [0.29, 0.717) is 0 Å². The number of nitrogens with one attached hydrogen (secondary N) is 1. The number of thioether (sulfide) groups is 1. The van der Waals surface area contributed by atoms with Crippen LogP contribution in [0.4, 0.5) is 4.79 Å². The lowest BCUT2D eigenvalue weighted by molar-refractivity contribution is -0.128. The lowest BCUT2D eigenvalue weighted by atomic mass is 9.84. The molecule has 1 atom stereocenters. The van der Waals surface area contributed by atoms with Gasteiger partial charge >= 0.3 is 6.09 Å². The molecular weight excluding hydrogens is 424 g/mol. The number of ether oxygens (including phenoxy) is 1. The van der Waals surface area contributed by atoms with Crippen molar-refractivity contribution in [2.75, 3.05) is 18.9 Å². The van der Waals surface area contributed by atoms with Crippen LogP contribution >= 0.6 is 11.8 Å². The summed E-state index contributed by atoms with van der Waals surface area (Å²) < 4.78 is 4.47. The average molecular weight is 451 g/mol. The predicted octanol–water partition coefficient (Wildman–Crippen LogP) is 3.28. The van der Waals surface area contributed by atoms with Gasteiger partial charge in [-0.15, -0.1) is 11.8 Å². The number of carbonyl (C=O) groups is 2. The van der Waals surface area contributed by atoms with Crippen molar-refractivity contribution >= 4 is 23.8 Å². The van der Waals surface area contributed by atoms with Gasteiger partial charge in [-0.25, -0.2) is 4.79 Å². The van der Waals surface area contributed by atoms with Gasteiger partial charge in [0.1, 0.15) is 0 Å². The van der Waals surface area contributed by atoms with Crippen molar-refractivity contribution in [3.05, 3.63) is 108 Å². The predicted molar refractivity (Wildman–Crippen MR) is 126 cm³/mol. The molecule has 4 N–H and O–H groups in total. The molecule has 7 heteroatoms. The van der Waals surface area contributed by atoms with Crippen LogP contribution in [0.2, 0.25) is 0 Å². The fraction of sp³-hybridized carbons (Fsp3) is 0.200. The number of carbonyl (C=O) groups excluding carboxylic acids is 2. The largest absolute Gasteiger partial charge is 0.435 e. The van der Waals surface area contributed by atoms with Gasteiger partial charge in [-0.3, -0.25) is 4.79 Å². The highest BCUT2D eigenvalue weighted by Crippen LogP contribution is 2.48. The zero-order valence-corrected chi connectivity index (χ0v) is 18.3. The Labute approximate surface area is 191 Å². The fourth-order valence-electron chi connectivity index (χ4n) is 3.57. The molecule has 3 rings (SSSR count). The maximum Gasteiger partial charge on any atom is 0.405 e. The van der Waals surface area contributed by atoms with Crippen molar-refractivity contribution in [2.24, 2.45) is 5.73 Å². The zero-order chi connectivity index (χ0) is 22.8. The number of benzene rings is 3. The molecule has 3 aromatic carbocycles. The van der Waals surface area contributed by atoms with E-state index >= 15 is 0 Å². The number of hydrogen-bond donors (Lipinski definition) is 3. The molecule has 0 radical (unpaired) electrons. The number of aliphatic hydroxyl groups is 1. The Kier molecular flexibility index (Phi) is 8.30. The molecule has 2 amide bonds. The van der Waals surface area contributed by atoms with Crippen molar-refractivity contribution in [1.29, 1.82) is 0 Å². The summed E-state index contributed by atoms with van der Waals surface area (Å²) in [5.41, 5.74) is 8.30. The molecule has 0 aliphatic carbocycles. The Morgan fingerprint density at radius 1 is 0.875 bits per heavy atom. The highest BCUT2D eigenvalue weighted by Gasteiger charge is 2.38. The Balaban J connectivity index is 2.08. The molecule has 166 valence electrons. The van der Waals surface area contributed by atoms with E-state index in [1.807, 2.05) is 91.0 Å². The summed E-state index contributed by atoms with van der Waals surface area (Å²) in [6.45, 7) is -0.159. The molecule has 6 nitrogen and oxygen atoms in total. The van der Waals surface area contributed by atoms with E-state index in [-0.39, 0.29) is 18.9 Å². The summed E-state index contributed by atoms with van der Waals surface area (Å²) >= 11 is 1.48. The van der Waals surface area contributed by atoms with E-state index < -0.39 is 22.9 Å². The van der Waals surface area contributed by atoms with Crippen molar-refractivity contribution in [3.63, 3.8) is 0 Å². The second-order valence-electron chi connectivity index (χ2n) is 7.03. The number of nitrogens with two attached hydrogens (primary N) is 1.